The number of nitrogens with zero attached hydrogens (tertiary/aromatic N) is 2. The Morgan fingerprint density at radius 1 is 1.36 bits per heavy atom. The van der Waals surface area contributed by atoms with E-state index >= 15 is 0 Å². The van der Waals surface area contributed by atoms with Crippen molar-refractivity contribution in [3.63, 3.8) is 0 Å². The zero-order valence-corrected chi connectivity index (χ0v) is 9.67. The molecule has 14 heavy (non-hydrogen) atoms. The molecule has 0 radical (unpaired) electrons. The SMILES string of the molecule is C/C(=N\C#N)NC(C)CCCC(C)C. The number of amidine groups is 1. The number of aliphatic imine (C=N–C) groups is 1. The maximum atomic E-state index is 8.32. The summed E-state index contributed by atoms with van der Waals surface area (Å²) in [7, 11) is 0. The van der Waals surface area contributed by atoms with Gasteiger partial charge in [-0.3, -0.25) is 0 Å². The summed E-state index contributed by atoms with van der Waals surface area (Å²) in [6.07, 6.45) is 5.40. The van der Waals surface area contributed by atoms with Crippen molar-refractivity contribution < 1.29 is 0 Å². The lowest BCUT2D eigenvalue weighted by Crippen LogP contribution is -2.30. The van der Waals surface area contributed by atoms with Crippen molar-refractivity contribution in [2.45, 2.75) is 53.0 Å². The molecule has 0 saturated carbocycles. The van der Waals surface area contributed by atoms with Gasteiger partial charge >= 0.3 is 0 Å². The van der Waals surface area contributed by atoms with E-state index in [9.17, 15) is 0 Å². The standard InChI is InChI=1S/C11H21N3/c1-9(2)6-5-7-10(3)14-11(4)13-8-12/h9-10H,5-7H2,1-4H3,(H,13,14). The third-order valence-electron chi connectivity index (χ3n) is 2.09. The molecule has 3 heteroatoms. The van der Waals surface area contributed by atoms with Crippen molar-refractivity contribution in [1.29, 1.82) is 5.26 Å². The van der Waals surface area contributed by atoms with Crippen LogP contribution in [0.25, 0.3) is 0 Å². The summed E-state index contributed by atoms with van der Waals surface area (Å²) >= 11 is 0. The van der Waals surface area contributed by atoms with Crippen LogP contribution in [-0.4, -0.2) is 11.9 Å². The van der Waals surface area contributed by atoms with Gasteiger partial charge in [0.2, 0.25) is 6.19 Å². The lowest BCUT2D eigenvalue weighted by Gasteiger charge is -2.14. The van der Waals surface area contributed by atoms with Gasteiger partial charge in [0.15, 0.2) is 0 Å². The molecule has 1 N–H and O–H groups in total. The average Bonchev–Trinajstić information content (AvgIpc) is 2.03. The Kier molecular flexibility index (Phi) is 6.82. The van der Waals surface area contributed by atoms with Gasteiger partial charge in [0, 0.05) is 6.04 Å². The van der Waals surface area contributed by atoms with E-state index in [1.54, 1.807) is 6.19 Å². The Balaban J connectivity index is 3.61. The first-order valence-electron chi connectivity index (χ1n) is 5.26. The number of rotatable bonds is 5. The Labute approximate surface area is 87.2 Å². The molecule has 0 spiro atoms. The molecule has 0 bridgehead atoms. The van der Waals surface area contributed by atoms with Crippen molar-refractivity contribution in [1.82, 2.24) is 5.32 Å². The number of hydrogen-bond donors (Lipinski definition) is 1. The fourth-order valence-electron chi connectivity index (χ4n) is 1.37. The second-order valence-electron chi connectivity index (χ2n) is 4.17. The van der Waals surface area contributed by atoms with E-state index in [0.717, 1.165) is 12.3 Å². The molecule has 0 heterocycles. The Morgan fingerprint density at radius 3 is 2.50 bits per heavy atom. The van der Waals surface area contributed by atoms with Gasteiger partial charge in [-0.15, -0.1) is 0 Å². The van der Waals surface area contributed by atoms with Crippen LogP contribution in [-0.2, 0) is 0 Å². The predicted molar refractivity (Wildman–Crippen MR) is 60.0 cm³/mol. The molecule has 0 aromatic carbocycles. The fourth-order valence-corrected chi connectivity index (χ4v) is 1.37. The summed E-state index contributed by atoms with van der Waals surface area (Å²) in [5.41, 5.74) is 0. The van der Waals surface area contributed by atoms with E-state index in [4.69, 9.17) is 5.26 Å². The minimum absolute atomic E-state index is 0.408. The van der Waals surface area contributed by atoms with Crippen molar-refractivity contribution in [2.24, 2.45) is 10.9 Å². The quantitative estimate of drug-likeness (QED) is 0.416. The molecule has 0 aliphatic heterocycles. The second kappa shape index (κ2) is 7.37. The van der Waals surface area contributed by atoms with E-state index < -0.39 is 0 Å². The molecular weight excluding hydrogens is 174 g/mol. The van der Waals surface area contributed by atoms with Gasteiger partial charge in [0.25, 0.3) is 0 Å². The predicted octanol–water partition coefficient (Wildman–Crippen LogP) is 2.69. The van der Waals surface area contributed by atoms with Crippen molar-refractivity contribution >= 4 is 5.84 Å². The van der Waals surface area contributed by atoms with E-state index in [1.807, 2.05) is 6.92 Å². The van der Waals surface area contributed by atoms with Gasteiger partial charge in [0.1, 0.15) is 5.84 Å². The minimum atomic E-state index is 0.408. The highest BCUT2D eigenvalue weighted by Gasteiger charge is 2.02. The highest BCUT2D eigenvalue weighted by molar-refractivity contribution is 5.80. The molecule has 0 aliphatic carbocycles. The van der Waals surface area contributed by atoms with Gasteiger partial charge in [-0.1, -0.05) is 26.7 Å². The van der Waals surface area contributed by atoms with Crippen molar-refractivity contribution in [3.05, 3.63) is 0 Å². The van der Waals surface area contributed by atoms with E-state index in [1.165, 1.54) is 12.8 Å². The van der Waals surface area contributed by atoms with Gasteiger partial charge < -0.3 is 5.32 Å². The van der Waals surface area contributed by atoms with Crippen molar-refractivity contribution in [3.8, 4) is 6.19 Å². The van der Waals surface area contributed by atoms with Gasteiger partial charge in [-0.25, -0.2) is 0 Å². The third kappa shape index (κ3) is 7.60. The summed E-state index contributed by atoms with van der Waals surface area (Å²) in [5.74, 6) is 1.49. The van der Waals surface area contributed by atoms with Crippen LogP contribution in [0.2, 0.25) is 0 Å². The smallest absolute Gasteiger partial charge is 0.207 e. The van der Waals surface area contributed by atoms with Crippen LogP contribution in [0, 0.1) is 17.4 Å². The van der Waals surface area contributed by atoms with Crippen LogP contribution >= 0.6 is 0 Å². The summed E-state index contributed by atoms with van der Waals surface area (Å²) in [5, 5.41) is 11.5. The maximum absolute atomic E-state index is 8.32. The summed E-state index contributed by atoms with van der Waals surface area (Å²) in [6, 6.07) is 0.408. The highest BCUT2D eigenvalue weighted by Crippen LogP contribution is 2.07. The van der Waals surface area contributed by atoms with Gasteiger partial charge in [-0.05, 0) is 26.2 Å². The van der Waals surface area contributed by atoms with Gasteiger partial charge in [-0.2, -0.15) is 10.3 Å². The van der Waals surface area contributed by atoms with Crippen LogP contribution in [0.5, 0.6) is 0 Å². The molecule has 80 valence electrons. The summed E-state index contributed by atoms with van der Waals surface area (Å²) in [4.78, 5) is 3.62. The van der Waals surface area contributed by atoms with Crippen LogP contribution in [0.1, 0.15) is 47.0 Å². The van der Waals surface area contributed by atoms with Crippen LogP contribution < -0.4 is 5.32 Å². The topological polar surface area (TPSA) is 48.2 Å². The van der Waals surface area contributed by atoms with Crippen LogP contribution in [0.3, 0.4) is 0 Å². The zero-order valence-electron chi connectivity index (χ0n) is 9.67. The Morgan fingerprint density at radius 2 is 2.00 bits per heavy atom. The van der Waals surface area contributed by atoms with Crippen LogP contribution in [0.15, 0.2) is 4.99 Å². The molecule has 0 aliphatic rings. The molecular formula is C11H21N3. The van der Waals surface area contributed by atoms with Gasteiger partial charge in [0.05, 0.1) is 0 Å². The zero-order chi connectivity index (χ0) is 11.0. The third-order valence-corrected chi connectivity index (χ3v) is 2.09. The molecule has 0 rings (SSSR count). The molecule has 3 nitrogen and oxygen atoms in total. The first-order chi connectivity index (χ1) is 6.56. The number of hydrogen-bond acceptors (Lipinski definition) is 2. The monoisotopic (exact) mass is 195 g/mol. The van der Waals surface area contributed by atoms with E-state index in [2.05, 4.69) is 31.1 Å². The molecule has 0 aromatic rings. The summed E-state index contributed by atoms with van der Waals surface area (Å²) in [6.45, 7) is 8.42. The lowest BCUT2D eigenvalue weighted by atomic mass is 10.0. The second-order valence-corrected chi connectivity index (χ2v) is 4.17. The molecule has 0 aromatic heterocycles. The fraction of sp³-hybridized carbons (Fsp3) is 0.818. The molecule has 0 saturated heterocycles. The Hall–Kier alpha value is -1.04. The molecule has 1 unspecified atom stereocenters. The minimum Gasteiger partial charge on any atom is -0.371 e. The number of nitrogens with one attached hydrogen (secondary N) is 1. The van der Waals surface area contributed by atoms with Crippen LogP contribution in [0.4, 0.5) is 0 Å². The summed E-state index contributed by atoms with van der Waals surface area (Å²) < 4.78 is 0. The first-order valence-corrected chi connectivity index (χ1v) is 5.26. The molecule has 0 fully saturated rings. The lowest BCUT2D eigenvalue weighted by molar-refractivity contribution is 0.494. The molecule has 1 atom stereocenters. The normalized spacial score (nSPS) is 13.9. The largest absolute Gasteiger partial charge is 0.371 e. The highest BCUT2D eigenvalue weighted by atomic mass is 15.0. The average molecular weight is 195 g/mol. The first kappa shape index (κ1) is 13.0. The van der Waals surface area contributed by atoms with E-state index in [0.29, 0.717) is 11.9 Å². The van der Waals surface area contributed by atoms with Crippen molar-refractivity contribution in [2.75, 3.05) is 0 Å². The number of nitriles is 1. The molecule has 0 amide bonds. The van der Waals surface area contributed by atoms with E-state index in [-0.39, 0.29) is 0 Å². The Bertz CT molecular complexity index is 213. The maximum Gasteiger partial charge on any atom is 0.207 e.